The first-order valence-electron chi connectivity index (χ1n) is 14.5. The number of aromatic nitrogens is 2. The van der Waals surface area contributed by atoms with E-state index >= 15 is 0 Å². The molecule has 0 saturated carbocycles. The molecule has 1 amide bonds. The van der Waals surface area contributed by atoms with E-state index in [0.29, 0.717) is 46.0 Å². The van der Waals surface area contributed by atoms with Crippen molar-refractivity contribution in [1.29, 1.82) is 0 Å². The second kappa shape index (κ2) is 16.8. The number of carbonyl (C=O) groups excluding carboxylic acids is 1. The Labute approximate surface area is 242 Å². The molecule has 0 bridgehead atoms. The summed E-state index contributed by atoms with van der Waals surface area (Å²) >= 11 is 6.80. The Morgan fingerprint density at radius 3 is 2.41 bits per heavy atom. The number of pyridine rings is 1. The first-order valence-corrected chi connectivity index (χ1v) is 15.8. The van der Waals surface area contributed by atoms with Crippen molar-refractivity contribution in [3.63, 3.8) is 0 Å². The van der Waals surface area contributed by atoms with Crippen molar-refractivity contribution in [2.45, 2.75) is 97.5 Å². The molecule has 1 N–H and O–H groups in total. The van der Waals surface area contributed by atoms with Gasteiger partial charge in [-0.05, 0) is 44.9 Å². The van der Waals surface area contributed by atoms with Gasteiger partial charge in [-0.25, -0.2) is 4.98 Å². The third kappa shape index (κ3) is 9.72. The fourth-order valence-electron chi connectivity index (χ4n) is 4.55. The SMILES string of the molecule is CCCCCCCCCCCCN1C(=O)/C(=C\c2c(NCCCOC(C)C)nc3ccccn3c2=O)SC1=S. The highest BCUT2D eigenvalue weighted by Crippen LogP contribution is 2.33. The minimum atomic E-state index is -0.221. The van der Waals surface area contributed by atoms with Crippen LogP contribution in [0.2, 0.25) is 0 Å². The molecule has 2 aromatic heterocycles. The molecule has 1 saturated heterocycles. The average molecular weight is 573 g/mol. The number of hydrogen-bond acceptors (Lipinski definition) is 7. The zero-order chi connectivity index (χ0) is 28.0. The van der Waals surface area contributed by atoms with Gasteiger partial charge in [0, 0.05) is 25.9 Å². The summed E-state index contributed by atoms with van der Waals surface area (Å²) in [6.07, 6.45) is 16.7. The molecule has 1 aliphatic rings. The molecule has 7 nitrogen and oxygen atoms in total. The summed E-state index contributed by atoms with van der Waals surface area (Å²) in [6, 6.07) is 5.44. The molecule has 0 atom stereocenters. The standard InChI is InChI=1S/C30H44N4O3S2/c1-4-5-6-7-8-9-10-11-12-14-20-34-29(36)25(39-30(34)38)22-24-27(31-18-16-21-37-23(2)3)32-26-17-13-15-19-33(26)28(24)35/h13,15,17,19,22-23,31H,4-12,14,16,18,20-21H2,1-3H3/b25-22+. The lowest BCUT2D eigenvalue weighted by Crippen LogP contribution is -2.29. The molecule has 0 radical (unpaired) electrons. The monoisotopic (exact) mass is 572 g/mol. The largest absolute Gasteiger partial charge is 0.379 e. The molecule has 39 heavy (non-hydrogen) atoms. The van der Waals surface area contributed by atoms with Gasteiger partial charge in [0.1, 0.15) is 15.8 Å². The van der Waals surface area contributed by atoms with Gasteiger partial charge in [-0.15, -0.1) is 0 Å². The number of ether oxygens (including phenoxy) is 1. The number of anilines is 1. The fourth-order valence-corrected chi connectivity index (χ4v) is 5.84. The van der Waals surface area contributed by atoms with Crippen molar-refractivity contribution in [2.75, 3.05) is 25.0 Å². The van der Waals surface area contributed by atoms with Crippen LogP contribution < -0.4 is 10.9 Å². The van der Waals surface area contributed by atoms with Crippen LogP contribution in [0.3, 0.4) is 0 Å². The van der Waals surface area contributed by atoms with E-state index in [1.54, 1.807) is 29.3 Å². The second-order valence-corrected chi connectivity index (χ2v) is 12.0. The summed E-state index contributed by atoms with van der Waals surface area (Å²) in [5, 5.41) is 3.29. The van der Waals surface area contributed by atoms with Crippen LogP contribution >= 0.6 is 24.0 Å². The van der Waals surface area contributed by atoms with Crippen LogP contribution in [0.1, 0.15) is 97.0 Å². The van der Waals surface area contributed by atoms with E-state index in [2.05, 4.69) is 17.2 Å². The lowest BCUT2D eigenvalue weighted by molar-refractivity contribution is -0.122. The Morgan fingerprint density at radius 1 is 1.03 bits per heavy atom. The van der Waals surface area contributed by atoms with Gasteiger partial charge in [-0.1, -0.05) is 94.8 Å². The maximum Gasteiger partial charge on any atom is 0.267 e. The average Bonchev–Trinajstić information content (AvgIpc) is 3.18. The van der Waals surface area contributed by atoms with E-state index in [-0.39, 0.29) is 17.6 Å². The number of thiocarbonyl (C=S) groups is 1. The molecule has 9 heteroatoms. The van der Waals surface area contributed by atoms with Crippen LogP contribution in [0.5, 0.6) is 0 Å². The highest BCUT2D eigenvalue weighted by molar-refractivity contribution is 8.26. The predicted octanol–water partition coefficient (Wildman–Crippen LogP) is 7.04. The molecular weight excluding hydrogens is 528 g/mol. The summed E-state index contributed by atoms with van der Waals surface area (Å²) in [5.74, 6) is 0.338. The topological polar surface area (TPSA) is 75.9 Å². The van der Waals surface area contributed by atoms with Crippen molar-refractivity contribution < 1.29 is 9.53 Å². The van der Waals surface area contributed by atoms with Crippen LogP contribution in [0.25, 0.3) is 11.7 Å². The van der Waals surface area contributed by atoms with Crippen LogP contribution in [0.15, 0.2) is 34.1 Å². The van der Waals surface area contributed by atoms with Gasteiger partial charge >= 0.3 is 0 Å². The van der Waals surface area contributed by atoms with Crippen molar-refractivity contribution in [2.24, 2.45) is 0 Å². The molecule has 214 valence electrons. The number of nitrogens with one attached hydrogen (secondary N) is 1. The second-order valence-electron chi connectivity index (χ2n) is 10.3. The number of thioether (sulfide) groups is 1. The number of rotatable bonds is 18. The van der Waals surface area contributed by atoms with Gasteiger partial charge < -0.3 is 10.1 Å². The number of nitrogens with zero attached hydrogens (tertiary/aromatic N) is 3. The van der Waals surface area contributed by atoms with Gasteiger partial charge in [0.15, 0.2) is 0 Å². The smallest absolute Gasteiger partial charge is 0.267 e. The summed E-state index contributed by atoms with van der Waals surface area (Å²) in [5.41, 5.74) is 0.693. The third-order valence-electron chi connectivity index (χ3n) is 6.72. The zero-order valence-corrected chi connectivity index (χ0v) is 25.4. The molecule has 0 aliphatic carbocycles. The first kappa shape index (κ1) is 31.3. The lowest BCUT2D eigenvalue weighted by Gasteiger charge is -2.14. The van der Waals surface area contributed by atoms with Crippen molar-refractivity contribution in [1.82, 2.24) is 14.3 Å². The minimum absolute atomic E-state index is 0.130. The highest BCUT2D eigenvalue weighted by atomic mass is 32.2. The van der Waals surface area contributed by atoms with Crippen molar-refractivity contribution in [3.8, 4) is 0 Å². The van der Waals surface area contributed by atoms with Crippen LogP contribution in [0.4, 0.5) is 5.82 Å². The molecule has 0 spiro atoms. The van der Waals surface area contributed by atoms with E-state index < -0.39 is 0 Å². The van der Waals surface area contributed by atoms with Crippen LogP contribution in [-0.2, 0) is 9.53 Å². The van der Waals surface area contributed by atoms with Crippen LogP contribution in [-0.4, -0.2) is 50.3 Å². The lowest BCUT2D eigenvalue weighted by atomic mass is 10.1. The molecule has 3 rings (SSSR count). The number of hydrogen-bond donors (Lipinski definition) is 1. The van der Waals surface area contributed by atoms with E-state index in [4.69, 9.17) is 17.0 Å². The maximum absolute atomic E-state index is 13.4. The first-order chi connectivity index (χ1) is 18.9. The highest BCUT2D eigenvalue weighted by Gasteiger charge is 2.32. The van der Waals surface area contributed by atoms with Gasteiger partial charge in [-0.2, -0.15) is 0 Å². The van der Waals surface area contributed by atoms with Crippen LogP contribution in [0, 0.1) is 0 Å². The van der Waals surface area contributed by atoms with Crippen molar-refractivity contribution >= 4 is 51.7 Å². The van der Waals surface area contributed by atoms with E-state index in [1.165, 1.54) is 67.5 Å². The normalized spacial score (nSPS) is 14.9. The Kier molecular flexibility index (Phi) is 13.5. The Hall–Kier alpha value is -2.23. The molecule has 2 aromatic rings. The summed E-state index contributed by atoms with van der Waals surface area (Å²) < 4.78 is 7.68. The van der Waals surface area contributed by atoms with Gasteiger partial charge in [0.2, 0.25) is 0 Å². The molecule has 0 unspecified atom stereocenters. The maximum atomic E-state index is 13.4. The molecule has 0 aromatic carbocycles. The van der Waals surface area contributed by atoms with E-state index in [0.717, 1.165) is 19.3 Å². The zero-order valence-electron chi connectivity index (χ0n) is 23.7. The third-order valence-corrected chi connectivity index (χ3v) is 8.10. The van der Waals surface area contributed by atoms with Gasteiger partial charge in [-0.3, -0.25) is 18.9 Å². The summed E-state index contributed by atoms with van der Waals surface area (Å²) in [7, 11) is 0. The minimum Gasteiger partial charge on any atom is -0.379 e. The molecule has 3 heterocycles. The quantitative estimate of drug-likeness (QED) is 0.117. The van der Waals surface area contributed by atoms with Crippen molar-refractivity contribution in [3.05, 3.63) is 45.2 Å². The Bertz CT molecular complexity index is 1180. The molecular formula is C30H44N4O3S2. The summed E-state index contributed by atoms with van der Waals surface area (Å²) in [4.78, 5) is 33.5. The van der Waals surface area contributed by atoms with E-state index in [9.17, 15) is 9.59 Å². The molecule has 1 fully saturated rings. The number of unbranched alkanes of at least 4 members (excludes halogenated alkanes) is 9. The molecule has 1 aliphatic heterocycles. The Balaban J connectivity index is 1.61. The summed E-state index contributed by atoms with van der Waals surface area (Å²) in [6.45, 7) is 8.09. The predicted molar refractivity (Wildman–Crippen MR) is 167 cm³/mol. The number of fused-ring (bicyclic) bond motifs is 1. The van der Waals surface area contributed by atoms with E-state index in [1.807, 2.05) is 19.9 Å². The van der Waals surface area contributed by atoms with Gasteiger partial charge in [0.05, 0.1) is 16.6 Å². The fraction of sp³-hybridized carbons (Fsp3) is 0.600. The number of amides is 1. The Morgan fingerprint density at radius 2 is 1.72 bits per heavy atom. The number of carbonyl (C=O) groups is 1. The van der Waals surface area contributed by atoms with Gasteiger partial charge in [0.25, 0.3) is 11.5 Å².